The molecule has 0 radical (unpaired) electrons. The van der Waals surface area contributed by atoms with E-state index in [1.165, 1.54) is 0 Å². The van der Waals surface area contributed by atoms with Crippen LogP contribution in [0.4, 0.5) is 0 Å². The normalized spacial score (nSPS) is 13.9. The fourth-order valence-corrected chi connectivity index (χ4v) is 9.31. The Hall–Kier alpha value is -6.13. The average Bonchev–Trinajstić information content (AvgIpc) is 3.21. The first-order valence-electron chi connectivity index (χ1n) is 20.6. The summed E-state index contributed by atoms with van der Waals surface area (Å²) in [6.45, 7) is 18.0. The number of phenols is 2. The van der Waals surface area contributed by atoms with E-state index in [0.29, 0.717) is 49.6 Å². The highest BCUT2D eigenvalue weighted by atomic mass is 35.5. The molecule has 8 rings (SSSR count). The van der Waals surface area contributed by atoms with E-state index in [0.717, 1.165) is 55.4 Å². The molecule has 3 aromatic heterocycles. The lowest BCUT2D eigenvalue weighted by Crippen LogP contribution is -2.24. The van der Waals surface area contributed by atoms with E-state index in [4.69, 9.17) is 26.6 Å². The zero-order valence-electron chi connectivity index (χ0n) is 35.9. The highest BCUT2D eigenvalue weighted by molar-refractivity contribution is 6.33. The standard InChI is InChI=1S/C51H50ClN5O4/c1-24-14-18-35(45-33(24)20-16-27(4)53-45)29(6)55-31(8)42-47-39(22-26(3)49(42)58)44(37-12-10-11-13-38(37)51(60)61)40-23-41(52)50(59)43(48(40)57-47)32(9)56-30(7)36-19-15-25(2)34-21-17-28(5)54-46(34)36/h10-23,29-32,55-56,58-59H,1-9H3,(H,60,61). The van der Waals surface area contributed by atoms with Crippen molar-refractivity contribution in [3.63, 3.8) is 0 Å². The predicted molar refractivity (Wildman–Crippen MR) is 247 cm³/mol. The zero-order chi connectivity index (χ0) is 43.6. The van der Waals surface area contributed by atoms with Gasteiger partial charge in [-0.1, -0.05) is 66.2 Å². The zero-order valence-corrected chi connectivity index (χ0v) is 36.6. The molecule has 8 aromatic rings. The van der Waals surface area contributed by atoms with Gasteiger partial charge in [-0.05, 0) is 126 Å². The maximum absolute atomic E-state index is 12.9. The molecule has 0 aliphatic rings. The van der Waals surface area contributed by atoms with Crippen LogP contribution in [-0.4, -0.2) is 36.2 Å². The van der Waals surface area contributed by atoms with Crippen LogP contribution in [0, 0.1) is 34.6 Å². The lowest BCUT2D eigenvalue weighted by atomic mass is 9.87. The third kappa shape index (κ3) is 7.30. The number of phenolic OH excluding ortho intramolecular Hbond substituents is 2. The topological polar surface area (TPSA) is 140 Å². The highest BCUT2D eigenvalue weighted by Crippen LogP contribution is 2.48. The largest absolute Gasteiger partial charge is 0.507 e. The number of hydrogen-bond donors (Lipinski definition) is 5. The van der Waals surface area contributed by atoms with Gasteiger partial charge in [-0.2, -0.15) is 0 Å². The molecule has 0 saturated heterocycles. The van der Waals surface area contributed by atoms with Gasteiger partial charge in [-0.3, -0.25) is 9.97 Å². The number of nitrogens with zero attached hydrogens (tertiary/aromatic N) is 3. The number of aryl methyl sites for hydroxylation is 5. The second-order valence-corrected chi connectivity index (χ2v) is 17.0. The molecule has 0 saturated carbocycles. The van der Waals surface area contributed by atoms with Crippen LogP contribution in [0.5, 0.6) is 11.5 Å². The minimum absolute atomic E-state index is 0.0697. The van der Waals surface area contributed by atoms with Crippen molar-refractivity contribution in [2.45, 2.75) is 86.5 Å². The van der Waals surface area contributed by atoms with Crippen molar-refractivity contribution in [1.82, 2.24) is 25.6 Å². The van der Waals surface area contributed by atoms with E-state index in [1.54, 1.807) is 30.3 Å². The van der Waals surface area contributed by atoms with Crippen LogP contribution in [0.3, 0.4) is 0 Å². The molecule has 310 valence electrons. The maximum Gasteiger partial charge on any atom is 0.336 e. The first kappa shape index (κ1) is 41.6. The van der Waals surface area contributed by atoms with E-state index in [2.05, 4.69) is 74.7 Å². The van der Waals surface area contributed by atoms with E-state index in [1.807, 2.05) is 52.8 Å². The summed E-state index contributed by atoms with van der Waals surface area (Å²) in [5.74, 6) is -1.16. The van der Waals surface area contributed by atoms with Crippen molar-refractivity contribution >= 4 is 61.2 Å². The van der Waals surface area contributed by atoms with Crippen molar-refractivity contribution in [3.05, 3.63) is 146 Å². The molecule has 10 heteroatoms. The summed E-state index contributed by atoms with van der Waals surface area (Å²) in [5, 5.41) is 45.4. The number of benzene rings is 5. The highest BCUT2D eigenvalue weighted by Gasteiger charge is 2.29. The Morgan fingerprint density at radius 2 is 1.05 bits per heavy atom. The summed E-state index contributed by atoms with van der Waals surface area (Å²) >= 11 is 6.94. The van der Waals surface area contributed by atoms with Crippen LogP contribution >= 0.6 is 11.6 Å². The van der Waals surface area contributed by atoms with Gasteiger partial charge in [-0.15, -0.1) is 0 Å². The van der Waals surface area contributed by atoms with Gasteiger partial charge in [0.05, 0.1) is 32.7 Å². The molecule has 4 unspecified atom stereocenters. The van der Waals surface area contributed by atoms with Gasteiger partial charge in [0, 0.05) is 73.8 Å². The molecule has 0 aliphatic carbocycles. The number of pyridine rings is 3. The number of hydrogen-bond acceptors (Lipinski definition) is 8. The predicted octanol–water partition coefficient (Wildman–Crippen LogP) is 12.3. The molecule has 61 heavy (non-hydrogen) atoms. The summed E-state index contributed by atoms with van der Waals surface area (Å²) in [5.41, 5.74) is 11.5. The van der Waals surface area contributed by atoms with Gasteiger partial charge >= 0.3 is 5.97 Å². The van der Waals surface area contributed by atoms with E-state index in [9.17, 15) is 20.1 Å². The third-order valence-corrected chi connectivity index (χ3v) is 12.5. The summed E-state index contributed by atoms with van der Waals surface area (Å²) in [6, 6.07) is 25.6. The van der Waals surface area contributed by atoms with Gasteiger partial charge in [0.15, 0.2) is 0 Å². The number of aromatic nitrogens is 3. The molecule has 5 N–H and O–H groups in total. The van der Waals surface area contributed by atoms with Gasteiger partial charge in [0.25, 0.3) is 0 Å². The molecular weight excluding hydrogens is 782 g/mol. The Morgan fingerprint density at radius 3 is 1.57 bits per heavy atom. The summed E-state index contributed by atoms with van der Waals surface area (Å²) < 4.78 is 0. The van der Waals surface area contributed by atoms with E-state index in [-0.39, 0.29) is 34.2 Å². The Labute approximate surface area is 360 Å². The van der Waals surface area contributed by atoms with Crippen LogP contribution in [0.25, 0.3) is 54.7 Å². The molecule has 4 atom stereocenters. The number of halogens is 1. The lowest BCUT2D eigenvalue weighted by Gasteiger charge is -2.27. The average molecular weight is 832 g/mol. The van der Waals surface area contributed by atoms with Crippen molar-refractivity contribution < 1.29 is 20.1 Å². The number of aromatic carboxylic acids is 1. The van der Waals surface area contributed by atoms with Crippen molar-refractivity contribution in [2.75, 3.05) is 0 Å². The number of nitrogens with one attached hydrogen (secondary N) is 2. The van der Waals surface area contributed by atoms with Crippen molar-refractivity contribution in [1.29, 1.82) is 0 Å². The summed E-state index contributed by atoms with van der Waals surface area (Å²) in [7, 11) is 0. The van der Waals surface area contributed by atoms with Crippen molar-refractivity contribution in [2.24, 2.45) is 0 Å². The Morgan fingerprint density at radius 1 is 0.557 bits per heavy atom. The number of fused-ring (bicyclic) bond motifs is 4. The van der Waals surface area contributed by atoms with E-state index < -0.39 is 18.1 Å². The molecule has 0 spiro atoms. The number of aromatic hydroxyl groups is 2. The fourth-order valence-electron chi connectivity index (χ4n) is 9.10. The van der Waals surface area contributed by atoms with Crippen LogP contribution in [0.1, 0.15) is 113 Å². The first-order valence-corrected chi connectivity index (χ1v) is 21.0. The minimum atomic E-state index is -1.09. The first-order chi connectivity index (χ1) is 29.0. The van der Waals surface area contributed by atoms with Crippen LogP contribution in [0.15, 0.2) is 84.9 Å². The fraction of sp³-hybridized carbons (Fsp3) is 0.255. The van der Waals surface area contributed by atoms with E-state index >= 15 is 0 Å². The monoisotopic (exact) mass is 831 g/mol. The number of carbonyl (C=O) groups is 1. The molecule has 0 amide bonds. The Bertz CT molecular complexity index is 2920. The van der Waals surface area contributed by atoms with Gasteiger partial charge in [-0.25, -0.2) is 9.78 Å². The molecule has 9 nitrogen and oxygen atoms in total. The second-order valence-electron chi connectivity index (χ2n) is 16.6. The molecule has 0 fully saturated rings. The number of carboxylic acid groups (broad SMARTS) is 1. The summed E-state index contributed by atoms with van der Waals surface area (Å²) in [4.78, 5) is 28.1. The maximum atomic E-state index is 12.9. The molecule has 3 heterocycles. The number of carboxylic acids is 1. The van der Waals surface area contributed by atoms with Gasteiger partial charge < -0.3 is 26.0 Å². The van der Waals surface area contributed by atoms with Crippen molar-refractivity contribution in [3.8, 4) is 22.6 Å². The molecule has 0 aliphatic heterocycles. The van der Waals surface area contributed by atoms with Crippen LogP contribution in [-0.2, 0) is 0 Å². The molecular formula is C51H50ClN5O4. The lowest BCUT2D eigenvalue weighted by molar-refractivity contribution is 0.0697. The van der Waals surface area contributed by atoms with Crippen LogP contribution in [0.2, 0.25) is 5.02 Å². The molecule has 0 bridgehead atoms. The third-order valence-electron chi connectivity index (χ3n) is 12.2. The Kier molecular flexibility index (Phi) is 10.9. The summed E-state index contributed by atoms with van der Waals surface area (Å²) in [6.07, 6.45) is 0. The Balaban J connectivity index is 1.35. The van der Waals surface area contributed by atoms with Gasteiger partial charge in [0.1, 0.15) is 11.5 Å². The smallest absolute Gasteiger partial charge is 0.336 e. The SMILES string of the molecule is Cc1ccc2c(C)ccc(C(C)NC(C)c3c(O)c(C)cc4c(-c5ccccc5C(=O)O)c5cc(Cl)c(O)c(C(C)NC(C)c6ccc(C)c7ccc(C)nc67)c5nc34)c2n1. The minimum Gasteiger partial charge on any atom is -0.507 e. The molecule has 5 aromatic carbocycles. The second kappa shape index (κ2) is 16.0. The quantitative estimate of drug-likeness (QED) is 0.0852. The number of rotatable bonds is 10. The van der Waals surface area contributed by atoms with Crippen LogP contribution < -0.4 is 10.6 Å². The van der Waals surface area contributed by atoms with Gasteiger partial charge in [0.2, 0.25) is 0 Å².